The fraction of sp³-hybridized carbons (Fsp3) is 0.450. The van der Waals surface area contributed by atoms with Crippen molar-refractivity contribution in [2.24, 2.45) is 5.92 Å². The highest BCUT2D eigenvalue weighted by atomic mass is 16.1. The van der Waals surface area contributed by atoms with E-state index in [2.05, 4.69) is 43.4 Å². The number of hydrogen-bond acceptors (Lipinski definition) is 1. The second kappa shape index (κ2) is 8.57. The van der Waals surface area contributed by atoms with Crippen molar-refractivity contribution in [2.75, 3.05) is 6.54 Å². The summed E-state index contributed by atoms with van der Waals surface area (Å²) < 4.78 is 0. The Labute approximate surface area is 133 Å². The van der Waals surface area contributed by atoms with E-state index in [1.807, 2.05) is 18.2 Å². The molecule has 2 heteroatoms. The molecule has 118 valence electrons. The Bertz CT molecular complexity index is 600. The van der Waals surface area contributed by atoms with Crippen molar-refractivity contribution < 1.29 is 4.79 Å². The summed E-state index contributed by atoms with van der Waals surface area (Å²) in [5, 5.41) is 5.49. The third-order valence-electron chi connectivity index (χ3n) is 4.36. The van der Waals surface area contributed by atoms with E-state index in [1.54, 1.807) is 0 Å². The van der Waals surface area contributed by atoms with Crippen molar-refractivity contribution in [1.82, 2.24) is 5.32 Å². The number of amides is 1. The zero-order valence-electron chi connectivity index (χ0n) is 13.8. The zero-order chi connectivity index (χ0) is 15.8. The summed E-state index contributed by atoms with van der Waals surface area (Å²) in [6, 6.07) is 14.4. The predicted molar refractivity (Wildman–Crippen MR) is 94.0 cm³/mol. The van der Waals surface area contributed by atoms with Crippen LogP contribution in [0.15, 0.2) is 42.5 Å². The highest BCUT2D eigenvalue weighted by molar-refractivity contribution is 5.90. The Hall–Kier alpha value is -1.83. The Morgan fingerprint density at radius 3 is 2.64 bits per heavy atom. The summed E-state index contributed by atoms with van der Waals surface area (Å²) in [5.74, 6) is 0.739. The van der Waals surface area contributed by atoms with Crippen LogP contribution in [-0.2, 0) is 11.2 Å². The summed E-state index contributed by atoms with van der Waals surface area (Å²) >= 11 is 0. The first-order valence-electron chi connectivity index (χ1n) is 8.48. The molecule has 2 nitrogen and oxygen atoms in total. The van der Waals surface area contributed by atoms with E-state index in [1.165, 1.54) is 30.0 Å². The van der Waals surface area contributed by atoms with Gasteiger partial charge in [-0.3, -0.25) is 4.79 Å². The third-order valence-corrected chi connectivity index (χ3v) is 4.36. The van der Waals surface area contributed by atoms with Gasteiger partial charge in [-0.2, -0.15) is 0 Å². The molecule has 0 spiro atoms. The lowest BCUT2D eigenvalue weighted by molar-refractivity contribution is -0.120. The van der Waals surface area contributed by atoms with E-state index in [-0.39, 0.29) is 5.91 Å². The normalized spacial score (nSPS) is 12.3. The minimum absolute atomic E-state index is 0.131. The fourth-order valence-corrected chi connectivity index (χ4v) is 2.88. The fourth-order valence-electron chi connectivity index (χ4n) is 2.88. The molecule has 2 aromatic carbocycles. The molecule has 1 amide bonds. The average molecular weight is 297 g/mol. The lowest BCUT2D eigenvalue weighted by atomic mass is 9.99. The lowest BCUT2D eigenvalue weighted by Gasteiger charge is -2.15. The molecule has 0 aliphatic heterocycles. The summed E-state index contributed by atoms with van der Waals surface area (Å²) in [6.07, 6.45) is 5.28. The molecule has 0 heterocycles. The molecule has 0 saturated carbocycles. The van der Waals surface area contributed by atoms with Crippen molar-refractivity contribution in [2.45, 2.75) is 46.0 Å². The Balaban J connectivity index is 1.93. The molecule has 0 unspecified atom stereocenters. The highest BCUT2D eigenvalue weighted by Gasteiger charge is 2.10. The van der Waals surface area contributed by atoms with Crippen LogP contribution in [0.25, 0.3) is 10.8 Å². The molecule has 1 N–H and O–H groups in total. The SMILES string of the molecule is CCCC[C@H](CC)CNC(=O)Cc1cccc2ccccc12. The van der Waals surface area contributed by atoms with Gasteiger partial charge in [-0.1, -0.05) is 75.6 Å². The molecule has 0 fully saturated rings. The Kier molecular flexibility index (Phi) is 6.45. The first-order valence-corrected chi connectivity index (χ1v) is 8.48. The summed E-state index contributed by atoms with van der Waals surface area (Å²) in [6.45, 7) is 5.23. The summed E-state index contributed by atoms with van der Waals surface area (Å²) in [4.78, 5) is 12.2. The molecule has 0 aliphatic rings. The third kappa shape index (κ3) is 4.59. The minimum atomic E-state index is 0.131. The van der Waals surface area contributed by atoms with E-state index in [0.717, 1.165) is 18.5 Å². The standard InChI is InChI=1S/C20H27NO/c1-3-5-9-16(4-2)15-21-20(22)14-18-12-8-11-17-10-6-7-13-19(17)18/h6-8,10-13,16H,3-5,9,14-15H2,1-2H3,(H,21,22)/t16-/m0/s1. The number of fused-ring (bicyclic) bond motifs is 1. The largest absolute Gasteiger partial charge is 0.356 e. The van der Waals surface area contributed by atoms with Crippen LogP contribution in [0, 0.1) is 5.92 Å². The van der Waals surface area contributed by atoms with Gasteiger partial charge < -0.3 is 5.32 Å². The van der Waals surface area contributed by atoms with Gasteiger partial charge in [0.25, 0.3) is 0 Å². The van der Waals surface area contributed by atoms with Crippen LogP contribution in [0.2, 0.25) is 0 Å². The zero-order valence-corrected chi connectivity index (χ0v) is 13.8. The van der Waals surface area contributed by atoms with Crippen LogP contribution in [0.5, 0.6) is 0 Å². The number of benzene rings is 2. The van der Waals surface area contributed by atoms with Gasteiger partial charge >= 0.3 is 0 Å². The lowest BCUT2D eigenvalue weighted by Crippen LogP contribution is -2.30. The molecule has 22 heavy (non-hydrogen) atoms. The van der Waals surface area contributed by atoms with Crippen LogP contribution < -0.4 is 5.32 Å². The molecule has 0 saturated heterocycles. The highest BCUT2D eigenvalue weighted by Crippen LogP contribution is 2.19. The van der Waals surface area contributed by atoms with Crippen LogP contribution in [0.1, 0.15) is 45.1 Å². The maximum Gasteiger partial charge on any atom is 0.224 e. The quantitative estimate of drug-likeness (QED) is 0.751. The number of nitrogens with one attached hydrogen (secondary N) is 1. The van der Waals surface area contributed by atoms with Gasteiger partial charge in [-0.25, -0.2) is 0 Å². The molecule has 0 bridgehead atoms. The monoisotopic (exact) mass is 297 g/mol. The number of unbranched alkanes of at least 4 members (excludes halogenated alkanes) is 1. The summed E-state index contributed by atoms with van der Waals surface area (Å²) in [7, 11) is 0. The van der Waals surface area contributed by atoms with Gasteiger partial charge in [0.1, 0.15) is 0 Å². The van der Waals surface area contributed by atoms with Crippen LogP contribution in [0.3, 0.4) is 0 Å². The second-order valence-electron chi connectivity index (χ2n) is 6.04. The van der Waals surface area contributed by atoms with Crippen molar-refractivity contribution in [3.63, 3.8) is 0 Å². The molecule has 1 atom stereocenters. The molecule has 0 radical (unpaired) electrons. The molecular weight excluding hydrogens is 270 g/mol. The molecular formula is C20H27NO. The van der Waals surface area contributed by atoms with Crippen molar-refractivity contribution in [3.05, 3.63) is 48.0 Å². The first-order chi connectivity index (χ1) is 10.7. The number of rotatable bonds is 8. The molecule has 0 aliphatic carbocycles. The number of carbonyl (C=O) groups is 1. The number of carbonyl (C=O) groups excluding carboxylic acids is 1. The summed E-state index contributed by atoms with van der Waals surface area (Å²) in [5.41, 5.74) is 1.11. The second-order valence-corrected chi connectivity index (χ2v) is 6.04. The van der Waals surface area contributed by atoms with Gasteiger partial charge in [-0.05, 0) is 28.7 Å². The minimum Gasteiger partial charge on any atom is -0.356 e. The van der Waals surface area contributed by atoms with Crippen molar-refractivity contribution in [1.29, 1.82) is 0 Å². The average Bonchev–Trinajstić information content (AvgIpc) is 2.55. The van der Waals surface area contributed by atoms with Gasteiger partial charge in [-0.15, -0.1) is 0 Å². The van der Waals surface area contributed by atoms with Crippen molar-refractivity contribution in [3.8, 4) is 0 Å². The van der Waals surface area contributed by atoms with E-state index < -0.39 is 0 Å². The molecule has 2 aromatic rings. The van der Waals surface area contributed by atoms with E-state index in [9.17, 15) is 4.79 Å². The topological polar surface area (TPSA) is 29.1 Å². The smallest absolute Gasteiger partial charge is 0.224 e. The van der Waals surface area contributed by atoms with Crippen LogP contribution in [-0.4, -0.2) is 12.5 Å². The van der Waals surface area contributed by atoms with Gasteiger partial charge in [0.15, 0.2) is 0 Å². The Morgan fingerprint density at radius 2 is 1.86 bits per heavy atom. The van der Waals surface area contributed by atoms with Crippen LogP contribution in [0.4, 0.5) is 0 Å². The maximum atomic E-state index is 12.2. The van der Waals surface area contributed by atoms with E-state index in [4.69, 9.17) is 0 Å². The van der Waals surface area contributed by atoms with Gasteiger partial charge in [0.05, 0.1) is 6.42 Å². The molecule has 0 aromatic heterocycles. The van der Waals surface area contributed by atoms with Gasteiger partial charge in [0.2, 0.25) is 5.91 Å². The molecule has 2 rings (SSSR count). The Morgan fingerprint density at radius 1 is 1.09 bits per heavy atom. The van der Waals surface area contributed by atoms with Crippen molar-refractivity contribution >= 4 is 16.7 Å². The predicted octanol–water partition coefficient (Wildman–Crippen LogP) is 4.71. The number of hydrogen-bond donors (Lipinski definition) is 1. The first kappa shape index (κ1) is 16.5. The van der Waals surface area contributed by atoms with E-state index >= 15 is 0 Å². The van der Waals surface area contributed by atoms with Gasteiger partial charge in [0, 0.05) is 6.54 Å². The van der Waals surface area contributed by atoms with Crippen LogP contribution >= 0.6 is 0 Å². The maximum absolute atomic E-state index is 12.2. The van der Waals surface area contributed by atoms with E-state index in [0.29, 0.717) is 12.3 Å².